The number of hydrogen-bond acceptors (Lipinski definition) is 8. The molecule has 3 aromatic heterocycles. The molecule has 11 heteroatoms. The molecule has 1 N–H and O–H groups in total. The molecule has 0 saturated carbocycles. The lowest BCUT2D eigenvalue weighted by Crippen LogP contribution is -2.46. The highest BCUT2D eigenvalue weighted by atomic mass is 19.3. The Morgan fingerprint density at radius 3 is 2.62 bits per heavy atom. The fourth-order valence-electron chi connectivity index (χ4n) is 5.09. The van der Waals surface area contributed by atoms with Gasteiger partial charge in [0.25, 0.3) is 0 Å². The van der Waals surface area contributed by atoms with Crippen molar-refractivity contribution in [2.75, 3.05) is 25.5 Å². The average molecular weight is 511 g/mol. The van der Waals surface area contributed by atoms with Crippen molar-refractivity contribution in [2.45, 2.75) is 51.2 Å². The van der Waals surface area contributed by atoms with Crippen LogP contribution in [-0.4, -0.2) is 63.1 Å². The molecule has 0 radical (unpaired) electrons. The average Bonchev–Trinajstić information content (AvgIpc) is 3.30. The molecule has 37 heavy (non-hydrogen) atoms. The third-order valence-electron chi connectivity index (χ3n) is 7.11. The van der Waals surface area contributed by atoms with E-state index in [2.05, 4.69) is 31.1 Å². The van der Waals surface area contributed by atoms with E-state index in [1.165, 1.54) is 13.2 Å². The number of fused-ring (bicyclic) bond motifs is 1. The van der Waals surface area contributed by atoms with Crippen LogP contribution < -0.4 is 14.8 Å². The number of carbonyl (C=O) groups excluding carboxylic acids is 1. The molecular formula is C26H28F2N6O3. The molecule has 0 aromatic carbocycles. The standard InChI is InChI=1S/C26H28F2N6O3/c1-15(18-12-20(36-3)32-21(13-18)37-25(27)28)24(35)34-10-7-26(14-34)6-5-17-11-19(16(2)31-22(17)33-26)23-29-8-4-9-30-23/h4,8-9,11-13,15,25H,5-7,10,14H2,1-3H3,(H,31,33)/t15?,26-/m0/s1. The predicted molar refractivity (Wildman–Crippen MR) is 132 cm³/mol. The number of nitrogens with one attached hydrogen (secondary N) is 1. The number of amides is 1. The van der Waals surface area contributed by atoms with Gasteiger partial charge in [0.05, 0.1) is 24.3 Å². The zero-order valence-corrected chi connectivity index (χ0v) is 20.9. The summed E-state index contributed by atoms with van der Waals surface area (Å²) < 4.78 is 35.0. The van der Waals surface area contributed by atoms with Crippen LogP contribution in [0.3, 0.4) is 0 Å². The van der Waals surface area contributed by atoms with Crippen LogP contribution >= 0.6 is 0 Å². The highest BCUT2D eigenvalue weighted by Gasteiger charge is 2.43. The molecular weight excluding hydrogens is 482 g/mol. The largest absolute Gasteiger partial charge is 0.481 e. The molecule has 2 atom stereocenters. The summed E-state index contributed by atoms with van der Waals surface area (Å²) in [5.41, 5.74) is 3.09. The van der Waals surface area contributed by atoms with Crippen molar-refractivity contribution in [3.8, 4) is 23.1 Å². The molecule has 9 nitrogen and oxygen atoms in total. The molecule has 3 aromatic rings. The second-order valence-corrected chi connectivity index (χ2v) is 9.50. The molecule has 1 fully saturated rings. The number of anilines is 1. The first-order chi connectivity index (χ1) is 17.8. The van der Waals surface area contributed by atoms with Gasteiger partial charge in [-0.15, -0.1) is 0 Å². The lowest BCUT2D eigenvalue weighted by Gasteiger charge is -2.36. The Kier molecular flexibility index (Phi) is 6.61. The van der Waals surface area contributed by atoms with Gasteiger partial charge >= 0.3 is 6.61 Å². The van der Waals surface area contributed by atoms with E-state index < -0.39 is 12.5 Å². The van der Waals surface area contributed by atoms with E-state index in [1.807, 2.05) is 11.8 Å². The highest BCUT2D eigenvalue weighted by Crippen LogP contribution is 2.39. The van der Waals surface area contributed by atoms with Crippen LogP contribution in [0.15, 0.2) is 36.7 Å². The number of halogens is 2. The summed E-state index contributed by atoms with van der Waals surface area (Å²) in [6, 6.07) is 6.81. The molecule has 2 aliphatic heterocycles. The molecule has 1 unspecified atom stereocenters. The van der Waals surface area contributed by atoms with Gasteiger partial charge in [-0.3, -0.25) is 4.79 Å². The topological polar surface area (TPSA) is 102 Å². The number of pyridine rings is 2. The molecule has 1 saturated heterocycles. The maximum Gasteiger partial charge on any atom is 0.388 e. The minimum absolute atomic E-state index is 0.0959. The van der Waals surface area contributed by atoms with Gasteiger partial charge in [-0.25, -0.2) is 15.0 Å². The van der Waals surface area contributed by atoms with Crippen molar-refractivity contribution >= 4 is 11.7 Å². The van der Waals surface area contributed by atoms with Crippen molar-refractivity contribution in [1.82, 2.24) is 24.8 Å². The molecule has 0 aliphatic carbocycles. The summed E-state index contributed by atoms with van der Waals surface area (Å²) in [6.07, 6.45) is 5.90. The van der Waals surface area contributed by atoms with Gasteiger partial charge in [-0.1, -0.05) is 0 Å². The Hall–Kier alpha value is -3.89. The van der Waals surface area contributed by atoms with Crippen molar-refractivity contribution < 1.29 is 23.0 Å². The molecule has 1 amide bonds. The summed E-state index contributed by atoms with van der Waals surface area (Å²) in [5, 5.41) is 3.63. The van der Waals surface area contributed by atoms with Crippen molar-refractivity contribution in [2.24, 2.45) is 0 Å². The maximum absolute atomic E-state index is 13.4. The van der Waals surface area contributed by atoms with Crippen LogP contribution in [0.2, 0.25) is 0 Å². The fourth-order valence-corrected chi connectivity index (χ4v) is 5.09. The SMILES string of the molecule is COc1cc(C(C)C(=O)N2CC[C@@]3(CCc4cc(-c5ncccn5)c(C)nc4N3)C2)cc(OC(F)F)n1. The summed E-state index contributed by atoms with van der Waals surface area (Å²) in [6.45, 7) is 1.78. The first-order valence-corrected chi connectivity index (χ1v) is 12.1. The monoisotopic (exact) mass is 510 g/mol. The van der Waals surface area contributed by atoms with Gasteiger partial charge in [0.2, 0.25) is 17.7 Å². The summed E-state index contributed by atoms with van der Waals surface area (Å²) in [7, 11) is 1.38. The van der Waals surface area contributed by atoms with Crippen LogP contribution in [0.25, 0.3) is 11.4 Å². The maximum atomic E-state index is 13.4. The first kappa shape index (κ1) is 24.8. The van der Waals surface area contributed by atoms with Crippen molar-refractivity contribution in [3.63, 3.8) is 0 Å². The Balaban J connectivity index is 1.31. The van der Waals surface area contributed by atoms with E-state index in [0.717, 1.165) is 41.9 Å². The second-order valence-electron chi connectivity index (χ2n) is 9.50. The van der Waals surface area contributed by atoms with E-state index in [0.29, 0.717) is 24.5 Å². The van der Waals surface area contributed by atoms with E-state index in [9.17, 15) is 13.6 Å². The number of rotatable bonds is 6. The summed E-state index contributed by atoms with van der Waals surface area (Å²) >= 11 is 0. The number of nitrogens with zero attached hydrogens (tertiary/aromatic N) is 5. The third kappa shape index (κ3) is 5.03. The van der Waals surface area contributed by atoms with Gasteiger partial charge in [0.15, 0.2) is 5.82 Å². The summed E-state index contributed by atoms with van der Waals surface area (Å²) in [5.74, 6) is 0.626. The van der Waals surface area contributed by atoms with E-state index in [1.54, 1.807) is 31.5 Å². The number of carbonyl (C=O) groups is 1. The zero-order chi connectivity index (χ0) is 26.2. The minimum Gasteiger partial charge on any atom is -0.481 e. The highest BCUT2D eigenvalue weighted by molar-refractivity contribution is 5.84. The second kappa shape index (κ2) is 9.87. The number of aromatic nitrogens is 4. The number of ether oxygens (including phenoxy) is 2. The van der Waals surface area contributed by atoms with Gasteiger partial charge in [-0.05, 0) is 56.4 Å². The molecule has 0 bridgehead atoms. The third-order valence-corrected chi connectivity index (χ3v) is 7.11. The Morgan fingerprint density at radius 2 is 1.89 bits per heavy atom. The first-order valence-electron chi connectivity index (χ1n) is 12.1. The van der Waals surface area contributed by atoms with Crippen molar-refractivity contribution in [1.29, 1.82) is 0 Å². The van der Waals surface area contributed by atoms with E-state index >= 15 is 0 Å². The lowest BCUT2D eigenvalue weighted by molar-refractivity contribution is -0.131. The lowest BCUT2D eigenvalue weighted by atomic mass is 9.86. The molecule has 5 heterocycles. The van der Waals surface area contributed by atoms with E-state index in [4.69, 9.17) is 9.72 Å². The van der Waals surface area contributed by atoms with Crippen LogP contribution in [0.4, 0.5) is 14.6 Å². The predicted octanol–water partition coefficient (Wildman–Crippen LogP) is 3.98. The number of likely N-dealkylation sites (tertiary alicyclic amines) is 1. The van der Waals surface area contributed by atoms with E-state index in [-0.39, 0.29) is 23.2 Å². The minimum atomic E-state index is -3.02. The van der Waals surface area contributed by atoms with Crippen LogP contribution in [0.5, 0.6) is 11.8 Å². The molecule has 194 valence electrons. The van der Waals surface area contributed by atoms with Gasteiger partial charge in [0.1, 0.15) is 5.82 Å². The number of aryl methyl sites for hydroxylation is 2. The van der Waals surface area contributed by atoms with Crippen LogP contribution in [-0.2, 0) is 11.2 Å². The molecule has 1 spiro atoms. The quantitative estimate of drug-likeness (QED) is 0.531. The molecule has 2 aliphatic rings. The van der Waals surface area contributed by atoms with Gasteiger partial charge in [-0.2, -0.15) is 13.8 Å². The van der Waals surface area contributed by atoms with Gasteiger partial charge in [0, 0.05) is 43.2 Å². The smallest absolute Gasteiger partial charge is 0.388 e. The Bertz CT molecular complexity index is 1310. The number of hydrogen-bond donors (Lipinski definition) is 1. The Labute approximate surface area is 213 Å². The van der Waals surface area contributed by atoms with Gasteiger partial charge < -0.3 is 19.7 Å². The number of alkyl halides is 2. The molecule has 5 rings (SSSR count). The summed E-state index contributed by atoms with van der Waals surface area (Å²) in [4.78, 5) is 32.7. The van der Waals surface area contributed by atoms with Crippen molar-refractivity contribution in [3.05, 3.63) is 53.5 Å². The van der Waals surface area contributed by atoms with Crippen LogP contribution in [0, 0.1) is 6.92 Å². The number of methoxy groups -OCH3 is 1. The van der Waals surface area contributed by atoms with Crippen LogP contribution in [0.1, 0.15) is 42.5 Å². The normalized spacial score (nSPS) is 19.5. The Morgan fingerprint density at radius 1 is 1.14 bits per heavy atom. The fraction of sp³-hybridized carbons (Fsp3) is 0.423. The zero-order valence-electron chi connectivity index (χ0n) is 20.9.